The summed E-state index contributed by atoms with van der Waals surface area (Å²) in [7, 11) is 0. The first-order valence-electron chi connectivity index (χ1n) is 5.38. The zero-order valence-electron chi connectivity index (χ0n) is 9.85. The summed E-state index contributed by atoms with van der Waals surface area (Å²) in [6, 6.07) is 3.95. The zero-order valence-corrected chi connectivity index (χ0v) is 9.85. The third kappa shape index (κ3) is 4.37. The molecule has 0 aliphatic rings. The molecule has 1 rings (SSSR count). The molecule has 0 radical (unpaired) electrons. The number of carbonyl (C=O) groups is 2. The molecule has 0 heterocycles. The van der Waals surface area contributed by atoms with Crippen LogP contribution in [-0.2, 0) is 20.7 Å². The van der Waals surface area contributed by atoms with Crippen molar-refractivity contribution >= 4 is 18.0 Å². The second kappa shape index (κ2) is 6.54. The van der Waals surface area contributed by atoms with Gasteiger partial charge in [0, 0.05) is 11.6 Å². The molecular weight excluding hydrogens is 239 g/mol. The van der Waals surface area contributed by atoms with Crippen LogP contribution in [0.4, 0.5) is 4.39 Å². The minimum atomic E-state index is -0.998. The van der Waals surface area contributed by atoms with Crippen LogP contribution in [0.1, 0.15) is 18.1 Å². The van der Waals surface area contributed by atoms with Crippen molar-refractivity contribution in [1.82, 2.24) is 0 Å². The Hall–Kier alpha value is -2.17. The number of hydrogen-bond donors (Lipinski definition) is 1. The number of halogens is 1. The van der Waals surface area contributed by atoms with Crippen molar-refractivity contribution in [2.45, 2.75) is 13.3 Å². The van der Waals surface area contributed by atoms with Gasteiger partial charge in [-0.1, -0.05) is 6.07 Å². The molecule has 0 atom stereocenters. The fraction of sp³-hybridized carbons (Fsp3) is 0.231. The second-order valence-corrected chi connectivity index (χ2v) is 3.51. The summed E-state index contributed by atoms with van der Waals surface area (Å²) in [6.45, 7) is 1.91. The van der Waals surface area contributed by atoms with Gasteiger partial charge in [0.25, 0.3) is 0 Å². The Balaban J connectivity index is 2.87. The fourth-order valence-corrected chi connectivity index (χ4v) is 1.35. The molecule has 4 nitrogen and oxygen atoms in total. The Bertz CT molecular complexity index is 480. The molecule has 0 saturated heterocycles. The molecular formula is C13H13FO4. The maximum absolute atomic E-state index is 13.4. The lowest BCUT2D eigenvalue weighted by molar-refractivity contribution is -0.137. The molecule has 0 fully saturated rings. The van der Waals surface area contributed by atoms with Crippen LogP contribution in [0, 0.1) is 5.82 Å². The van der Waals surface area contributed by atoms with Crippen molar-refractivity contribution < 1.29 is 23.8 Å². The van der Waals surface area contributed by atoms with Crippen molar-refractivity contribution in [3.63, 3.8) is 0 Å². The predicted molar refractivity (Wildman–Crippen MR) is 63.4 cm³/mol. The van der Waals surface area contributed by atoms with E-state index in [1.54, 1.807) is 6.92 Å². The number of carboxylic acids is 1. The molecule has 0 aliphatic heterocycles. The van der Waals surface area contributed by atoms with Gasteiger partial charge in [-0.15, -0.1) is 0 Å². The van der Waals surface area contributed by atoms with Gasteiger partial charge in [0.05, 0.1) is 13.0 Å². The van der Waals surface area contributed by atoms with Gasteiger partial charge in [-0.25, -0.2) is 9.18 Å². The predicted octanol–water partition coefficient (Wildman–Crippen LogP) is 2.03. The average molecular weight is 252 g/mol. The lowest BCUT2D eigenvalue weighted by atomic mass is 10.1. The third-order valence-electron chi connectivity index (χ3n) is 2.10. The topological polar surface area (TPSA) is 63.6 Å². The summed E-state index contributed by atoms with van der Waals surface area (Å²) in [6.07, 6.45) is 2.17. The van der Waals surface area contributed by atoms with Gasteiger partial charge in [-0.2, -0.15) is 0 Å². The molecule has 1 N–H and O–H groups in total. The van der Waals surface area contributed by atoms with Crippen LogP contribution in [0.5, 0.6) is 0 Å². The molecule has 5 heteroatoms. The minimum absolute atomic E-state index is 0.154. The summed E-state index contributed by atoms with van der Waals surface area (Å²) in [5.74, 6) is -2.09. The number of benzene rings is 1. The van der Waals surface area contributed by atoms with Crippen LogP contribution in [0.25, 0.3) is 6.08 Å². The number of ether oxygens (including phenoxy) is 1. The Morgan fingerprint density at radius 2 is 2.17 bits per heavy atom. The van der Waals surface area contributed by atoms with E-state index in [0.717, 1.165) is 6.08 Å². The molecule has 0 aromatic heterocycles. The Kier molecular flexibility index (Phi) is 5.05. The highest BCUT2D eigenvalue weighted by molar-refractivity contribution is 5.87. The molecule has 18 heavy (non-hydrogen) atoms. The lowest BCUT2D eigenvalue weighted by Crippen LogP contribution is -2.01. The van der Waals surface area contributed by atoms with Gasteiger partial charge in [0.15, 0.2) is 0 Å². The van der Waals surface area contributed by atoms with Gasteiger partial charge in [-0.05, 0) is 30.7 Å². The van der Waals surface area contributed by atoms with Gasteiger partial charge in [0.1, 0.15) is 5.82 Å². The highest BCUT2D eigenvalue weighted by Crippen LogP contribution is 2.13. The molecule has 96 valence electrons. The minimum Gasteiger partial charge on any atom is -0.481 e. The van der Waals surface area contributed by atoms with E-state index in [0.29, 0.717) is 5.56 Å². The summed E-state index contributed by atoms with van der Waals surface area (Å²) < 4.78 is 18.0. The van der Waals surface area contributed by atoms with Crippen molar-refractivity contribution in [2.24, 2.45) is 0 Å². The largest absolute Gasteiger partial charge is 0.481 e. The Labute approximate surface area is 104 Å². The SMILES string of the molecule is CCOC(=O)C=Cc1cc(CC(=O)O)ccc1F. The number of carbonyl (C=O) groups excluding carboxylic acids is 1. The van der Waals surface area contributed by atoms with E-state index in [-0.39, 0.29) is 18.6 Å². The van der Waals surface area contributed by atoms with Crippen molar-refractivity contribution in [2.75, 3.05) is 6.61 Å². The van der Waals surface area contributed by atoms with Crippen molar-refractivity contribution in [3.05, 3.63) is 41.2 Å². The number of rotatable bonds is 5. The first kappa shape index (κ1) is 13.9. The van der Waals surface area contributed by atoms with Crippen LogP contribution < -0.4 is 0 Å². The van der Waals surface area contributed by atoms with Crippen molar-refractivity contribution in [1.29, 1.82) is 0 Å². The van der Waals surface area contributed by atoms with Gasteiger partial charge < -0.3 is 9.84 Å². The van der Waals surface area contributed by atoms with E-state index in [9.17, 15) is 14.0 Å². The Morgan fingerprint density at radius 1 is 1.44 bits per heavy atom. The van der Waals surface area contributed by atoms with E-state index in [1.807, 2.05) is 0 Å². The number of aliphatic carboxylic acids is 1. The monoisotopic (exact) mass is 252 g/mol. The van der Waals surface area contributed by atoms with Crippen LogP contribution in [0.2, 0.25) is 0 Å². The van der Waals surface area contributed by atoms with Crippen LogP contribution in [-0.4, -0.2) is 23.7 Å². The quantitative estimate of drug-likeness (QED) is 0.643. The van der Waals surface area contributed by atoms with Gasteiger partial charge >= 0.3 is 11.9 Å². The van der Waals surface area contributed by atoms with Crippen LogP contribution in [0.3, 0.4) is 0 Å². The van der Waals surface area contributed by atoms with E-state index < -0.39 is 17.8 Å². The van der Waals surface area contributed by atoms with E-state index in [1.165, 1.54) is 24.3 Å². The summed E-state index contributed by atoms with van der Waals surface area (Å²) in [4.78, 5) is 21.6. The van der Waals surface area contributed by atoms with Crippen LogP contribution in [0.15, 0.2) is 24.3 Å². The first-order chi connectivity index (χ1) is 8.52. The number of esters is 1. The molecule has 1 aromatic rings. The standard InChI is InChI=1S/C13H13FO4/c1-2-18-13(17)6-4-10-7-9(8-12(15)16)3-5-11(10)14/h3-7H,2,8H2,1H3,(H,15,16). The molecule has 0 saturated carbocycles. The molecule has 0 aliphatic carbocycles. The Morgan fingerprint density at radius 3 is 2.78 bits per heavy atom. The highest BCUT2D eigenvalue weighted by atomic mass is 19.1. The van der Waals surface area contributed by atoms with Gasteiger partial charge in [0.2, 0.25) is 0 Å². The summed E-state index contributed by atoms with van der Waals surface area (Å²) >= 11 is 0. The lowest BCUT2D eigenvalue weighted by Gasteiger charge is -2.01. The number of hydrogen-bond acceptors (Lipinski definition) is 3. The molecule has 0 bridgehead atoms. The fourth-order valence-electron chi connectivity index (χ4n) is 1.35. The maximum atomic E-state index is 13.4. The number of carboxylic acid groups (broad SMARTS) is 1. The smallest absolute Gasteiger partial charge is 0.330 e. The molecule has 1 aromatic carbocycles. The molecule has 0 unspecified atom stereocenters. The maximum Gasteiger partial charge on any atom is 0.330 e. The van der Waals surface area contributed by atoms with E-state index in [2.05, 4.69) is 4.74 Å². The van der Waals surface area contributed by atoms with Gasteiger partial charge in [-0.3, -0.25) is 4.79 Å². The zero-order chi connectivity index (χ0) is 13.5. The van der Waals surface area contributed by atoms with E-state index in [4.69, 9.17) is 5.11 Å². The highest BCUT2D eigenvalue weighted by Gasteiger charge is 2.05. The summed E-state index contributed by atoms with van der Waals surface area (Å²) in [5.41, 5.74) is 0.620. The van der Waals surface area contributed by atoms with E-state index >= 15 is 0 Å². The summed E-state index contributed by atoms with van der Waals surface area (Å²) in [5, 5.41) is 8.63. The molecule has 0 amide bonds. The van der Waals surface area contributed by atoms with Crippen LogP contribution >= 0.6 is 0 Å². The third-order valence-corrected chi connectivity index (χ3v) is 2.10. The molecule has 0 spiro atoms. The van der Waals surface area contributed by atoms with Crippen molar-refractivity contribution in [3.8, 4) is 0 Å². The second-order valence-electron chi connectivity index (χ2n) is 3.51. The normalized spacial score (nSPS) is 10.6. The average Bonchev–Trinajstić information content (AvgIpc) is 2.29. The first-order valence-corrected chi connectivity index (χ1v) is 5.38.